The van der Waals surface area contributed by atoms with Crippen LogP contribution in [-0.2, 0) is 0 Å². The van der Waals surface area contributed by atoms with Crippen LogP contribution in [0, 0.1) is 24.4 Å². The lowest BCUT2D eigenvalue weighted by Gasteiger charge is -2.11. The zero-order valence-electron chi connectivity index (χ0n) is 20.0. The summed E-state index contributed by atoms with van der Waals surface area (Å²) in [7, 11) is 0. The van der Waals surface area contributed by atoms with Gasteiger partial charge in [-0.1, -0.05) is 61.4 Å². The third-order valence-electron chi connectivity index (χ3n) is 5.75. The Hall–Kier alpha value is -4.06. The van der Waals surface area contributed by atoms with Gasteiger partial charge in [-0.3, -0.25) is 0 Å². The van der Waals surface area contributed by atoms with Gasteiger partial charge in [0.05, 0.1) is 12.2 Å². The molecule has 0 saturated carbocycles. The van der Waals surface area contributed by atoms with Gasteiger partial charge < -0.3 is 9.47 Å². The summed E-state index contributed by atoms with van der Waals surface area (Å²) in [5.74, 6) is -3.96. The maximum atomic E-state index is 14.7. The first-order chi connectivity index (χ1) is 17.4. The van der Waals surface area contributed by atoms with Crippen molar-refractivity contribution < 1.29 is 27.4 Å². The van der Waals surface area contributed by atoms with Gasteiger partial charge in [-0.2, -0.15) is 4.39 Å². The molecule has 0 radical (unpaired) electrons. The molecule has 184 valence electrons. The first-order valence-corrected chi connectivity index (χ1v) is 11.7. The molecule has 4 aromatic rings. The number of rotatable bonds is 8. The lowest BCUT2D eigenvalue weighted by Crippen LogP contribution is -2.10. The van der Waals surface area contributed by atoms with Crippen LogP contribution in [0.15, 0.2) is 78.9 Å². The van der Waals surface area contributed by atoms with Gasteiger partial charge in [0.25, 0.3) is 0 Å². The second kappa shape index (κ2) is 11.1. The Morgan fingerprint density at radius 3 is 2.06 bits per heavy atom. The fourth-order valence-electron chi connectivity index (χ4n) is 3.65. The first kappa shape index (κ1) is 25.0. The monoisotopic (exact) mass is 490 g/mol. The minimum atomic E-state index is -1.24. The Balaban J connectivity index is 1.47. The van der Waals surface area contributed by atoms with Crippen molar-refractivity contribution in [3.8, 4) is 33.8 Å². The van der Waals surface area contributed by atoms with Crippen LogP contribution >= 0.6 is 0 Å². The van der Waals surface area contributed by atoms with E-state index in [2.05, 4.69) is 0 Å². The molecule has 0 spiro atoms. The number of benzene rings is 4. The maximum absolute atomic E-state index is 14.7. The van der Waals surface area contributed by atoms with Gasteiger partial charge in [-0.25, -0.2) is 13.6 Å². The molecule has 36 heavy (non-hydrogen) atoms. The summed E-state index contributed by atoms with van der Waals surface area (Å²) in [5.41, 5.74) is 3.00. The SMILES string of the molecule is CCCCOc1ccc(-c2ccc(C(=O)Oc3ccc(-c4ccc(C)cc4)c(F)c3F)cc2)cc1F. The van der Waals surface area contributed by atoms with Gasteiger partial charge >= 0.3 is 5.97 Å². The predicted molar refractivity (Wildman–Crippen MR) is 134 cm³/mol. The molecular formula is C30H25F3O3. The summed E-state index contributed by atoms with van der Waals surface area (Å²) in [5, 5.41) is 0. The average molecular weight is 491 g/mol. The number of ether oxygens (including phenoxy) is 2. The van der Waals surface area contributed by atoms with Crippen molar-refractivity contribution >= 4 is 5.97 Å². The second-order valence-electron chi connectivity index (χ2n) is 8.42. The third-order valence-corrected chi connectivity index (χ3v) is 5.75. The fraction of sp³-hybridized carbons (Fsp3) is 0.167. The highest BCUT2D eigenvalue weighted by Crippen LogP contribution is 2.31. The summed E-state index contributed by atoms with van der Waals surface area (Å²) < 4.78 is 54.3. The van der Waals surface area contributed by atoms with E-state index in [-0.39, 0.29) is 16.9 Å². The van der Waals surface area contributed by atoms with Gasteiger partial charge in [0, 0.05) is 5.56 Å². The predicted octanol–water partition coefficient (Wildman–Crippen LogP) is 8.14. The maximum Gasteiger partial charge on any atom is 0.343 e. The molecule has 0 saturated heterocycles. The van der Waals surface area contributed by atoms with Gasteiger partial charge in [0.2, 0.25) is 5.82 Å². The van der Waals surface area contributed by atoms with Crippen molar-refractivity contribution in [1.29, 1.82) is 0 Å². The number of unbranched alkanes of at least 4 members (excludes halogenated alkanes) is 1. The highest BCUT2D eigenvalue weighted by molar-refractivity contribution is 5.91. The molecule has 6 heteroatoms. The van der Waals surface area contributed by atoms with E-state index < -0.39 is 29.2 Å². The Kier molecular flexibility index (Phi) is 7.74. The summed E-state index contributed by atoms with van der Waals surface area (Å²) in [6, 6.07) is 20.5. The highest BCUT2D eigenvalue weighted by atomic mass is 19.2. The zero-order valence-corrected chi connectivity index (χ0v) is 20.0. The number of hydrogen-bond acceptors (Lipinski definition) is 3. The Morgan fingerprint density at radius 2 is 1.39 bits per heavy atom. The van der Waals surface area contributed by atoms with Gasteiger partial charge in [-0.05, 0) is 66.4 Å². The summed E-state index contributed by atoms with van der Waals surface area (Å²) >= 11 is 0. The third kappa shape index (κ3) is 5.60. The Morgan fingerprint density at radius 1 is 0.750 bits per heavy atom. The van der Waals surface area contributed by atoms with Crippen molar-refractivity contribution in [2.24, 2.45) is 0 Å². The normalized spacial score (nSPS) is 10.8. The van der Waals surface area contributed by atoms with Crippen molar-refractivity contribution in [3.05, 3.63) is 107 Å². The van der Waals surface area contributed by atoms with Crippen LogP contribution in [-0.4, -0.2) is 12.6 Å². The topological polar surface area (TPSA) is 35.5 Å². The average Bonchev–Trinajstić information content (AvgIpc) is 2.89. The standard InChI is InChI=1S/C30H25F3O3/c1-3-4-17-35-26-15-13-23(18-25(26)31)20-9-11-22(12-10-20)30(34)36-27-16-14-24(28(32)29(27)33)21-7-5-19(2)6-8-21/h5-16,18H,3-4,17H2,1-2H3. The van der Waals surface area contributed by atoms with E-state index in [1.54, 1.807) is 48.5 Å². The molecule has 0 fully saturated rings. The number of carbonyl (C=O) groups is 1. The van der Waals surface area contributed by atoms with Crippen LogP contribution in [0.1, 0.15) is 35.7 Å². The van der Waals surface area contributed by atoms with Crippen LogP contribution in [0.4, 0.5) is 13.2 Å². The summed E-state index contributed by atoms with van der Waals surface area (Å²) in [4.78, 5) is 12.6. The number of esters is 1. The Bertz CT molecular complexity index is 1360. The molecule has 4 rings (SSSR count). The van der Waals surface area contributed by atoms with Gasteiger partial charge in [-0.15, -0.1) is 0 Å². The molecule has 4 aromatic carbocycles. The molecule has 0 aliphatic rings. The van der Waals surface area contributed by atoms with E-state index in [0.29, 0.717) is 23.3 Å². The summed E-state index contributed by atoms with van der Waals surface area (Å²) in [6.45, 7) is 4.37. The van der Waals surface area contributed by atoms with Crippen molar-refractivity contribution in [3.63, 3.8) is 0 Å². The lowest BCUT2D eigenvalue weighted by molar-refractivity contribution is 0.0727. The molecular weight excluding hydrogens is 465 g/mol. The van der Waals surface area contributed by atoms with Crippen molar-refractivity contribution in [1.82, 2.24) is 0 Å². The minimum absolute atomic E-state index is 0.0747. The van der Waals surface area contributed by atoms with Gasteiger partial charge in [0.15, 0.2) is 23.1 Å². The lowest BCUT2D eigenvalue weighted by atomic mass is 10.0. The number of hydrogen-bond donors (Lipinski definition) is 0. The molecule has 0 heterocycles. The molecule has 0 aliphatic heterocycles. The first-order valence-electron chi connectivity index (χ1n) is 11.7. The second-order valence-corrected chi connectivity index (χ2v) is 8.42. The van der Waals surface area contributed by atoms with E-state index in [1.165, 1.54) is 30.3 Å². The number of aryl methyl sites for hydroxylation is 1. The molecule has 0 amide bonds. The Labute approximate surface area is 208 Å². The molecule has 0 N–H and O–H groups in total. The van der Waals surface area contributed by atoms with E-state index in [9.17, 15) is 18.0 Å². The summed E-state index contributed by atoms with van der Waals surface area (Å²) in [6.07, 6.45) is 1.79. The smallest absolute Gasteiger partial charge is 0.343 e. The quantitative estimate of drug-likeness (QED) is 0.142. The largest absolute Gasteiger partial charge is 0.491 e. The molecule has 3 nitrogen and oxygen atoms in total. The molecule has 0 aromatic heterocycles. The van der Waals surface area contributed by atoms with Gasteiger partial charge in [0.1, 0.15) is 0 Å². The molecule has 0 bridgehead atoms. The number of carbonyl (C=O) groups excluding carboxylic acids is 1. The van der Waals surface area contributed by atoms with Crippen LogP contribution < -0.4 is 9.47 Å². The van der Waals surface area contributed by atoms with Crippen LogP contribution in [0.5, 0.6) is 11.5 Å². The van der Waals surface area contributed by atoms with E-state index >= 15 is 0 Å². The molecule has 0 aliphatic carbocycles. The van der Waals surface area contributed by atoms with E-state index in [4.69, 9.17) is 9.47 Å². The van der Waals surface area contributed by atoms with Crippen LogP contribution in [0.25, 0.3) is 22.3 Å². The van der Waals surface area contributed by atoms with Crippen molar-refractivity contribution in [2.75, 3.05) is 6.61 Å². The zero-order chi connectivity index (χ0) is 25.7. The van der Waals surface area contributed by atoms with E-state index in [0.717, 1.165) is 18.4 Å². The molecule has 0 unspecified atom stereocenters. The number of halogens is 3. The highest BCUT2D eigenvalue weighted by Gasteiger charge is 2.19. The fourth-order valence-corrected chi connectivity index (χ4v) is 3.65. The minimum Gasteiger partial charge on any atom is -0.491 e. The van der Waals surface area contributed by atoms with Crippen molar-refractivity contribution in [2.45, 2.75) is 26.7 Å². The van der Waals surface area contributed by atoms with Crippen LogP contribution in [0.2, 0.25) is 0 Å². The van der Waals surface area contributed by atoms with E-state index in [1.807, 2.05) is 13.8 Å². The molecule has 0 atom stereocenters. The van der Waals surface area contributed by atoms with Crippen LogP contribution in [0.3, 0.4) is 0 Å².